The molecule has 0 saturated heterocycles. The van der Waals surface area contributed by atoms with Crippen LogP contribution in [0.2, 0.25) is 0 Å². The molecule has 0 saturated carbocycles. The van der Waals surface area contributed by atoms with Crippen LogP contribution in [0.25, 0.3) is 105 Å². The Morgan fingerprint density at radius 2 is 0.965 bits per heavy atom. The number of imidazole rings is 1. The summed E-state index contributed by atoms with van der Waals surface area (Å²) >= 11 is 0. The average molecular weight is 726 g/mol. The largest absolute Gasteiger partial charge is 0.292 e. The van der Waals surface area contributed by atoms with Gasteiger partial charge in [0.05, 0.1) is 16.7 Å². The van der Waals surface area contributed by atoms with Crippen LogP contribution in [-0.2, 0) is 0 Å². The molecule has 2 aromatic heterocycles. The number of benzene rings is 9. The molecule has 0 spiro atoms. The fourth-order valence-corrected chi connectivity index (χ4v) is 8.54. The summed E-state index contributed by atoms with van der Waals surface area (Å²) in [5.74, 6) is 0.932. The van der Waals surface area contributed by atoms with Crippen LogP contribution in [0.15, 0.2) is 212 Å². The lowest BCUT2D eigenvalue weighted by Gasteiger charge is -2.19. The van der Waals surface area contributed by atoms with Gasteiger partial charge in [-0.15, -0.1) is 0 Å². The Morgan fingerprint density at radius 1 is 0.351 bits per heavy atom. The van der Waals surface area contributed by atoms with E-state index in [0.29, 0.717) is 0 Å². The quantitative estimate of drug-likeness (QED) is 0.160. The average Bonchev–Trinajstić information content (AvgIpc) is 3.68. The van der Waals surface area contributed by atoms with Crippen LogP contribution in [-0.4, -0.2) is 14.5 Å². The number of nitrogens with zero attached hydrogens (tertiary/aromatic N) is 3. The summed E-state index contributed by atoms with van der Waals surface area (Å²) < 4.78 is 2.27. The molecule has 0 fully saturated rings. The molecule has 0 bridgehead atoms. The molecule has 0 N–H and O–H groups in total. The maximum Gasteiger partial charge on any atom is 0.145 e. The van der Waals surface area contributed by atoms with Gasteiger partial charge >= 0.3 is 0 Å². The highest BCUT2D eigenvalue weighted by Gasteiger charge is 2.19. The molecular formula is C54H35N3. The van der Waals surface area contributed by atoms with E-state index in [1.165, 1.54) is 60.1 Å². The van der Waals surface area contributed by atoms with E-state index >= 15 is 0 Å². The minimum Gasteiger partial charge on any atom is -0.292 e. The van der Waals surface area contributed by atoms with Crippen molar-refractivity contribution in [2.24, 2.45) is 0 Å². The molecule has 0 radical (unpaired) electrons. The highest BCUT2D eigenvalue weighted by atomic mass is 15.1. The SMILES string of the molecule is c1ccc(-c2nc3ccccc3n2-c2ccc(-c3ccc4c(-c5ccc6ccccc6c5)c5ccccc5c(-c5ccc(-c6ccccn6)cc5)c4c3)cc2)cc1. The van der Waals surface area contributed by atoms with Gasteiger partial charge in [0.25, 0.3) is 0 Å². The molecule has 3 heteroatoms. The first-order chi connectivity index (χ1) is 28.3. The zero-order chi connectivity index (χ0) is 37.7. The number of hydrogen-bond donors (Lipinski definition) is 0. The molecule has 3 nitrogen and oxygen atoms in total. The Labute approximate surface area is 330 Å². The predicted octanol–water partition coefficient (Wildman–Crippen LogP) is 14.2. The summed E-state index contributed by atoms with van der Waals surface area (Å²) in [4.78, 5) is 9.68. The first-order valence-electron chi connectivity index (χ1n) is 19.4. The van der Waals surface area contributed by atoms with E-state index in [1.54, 1.807) is 0 Å². The number of aromatic nitrogens is 3. The lowest BCUT2D eigenvalue weighted by molar-refractivity contribution is 1.10. The Morgan fingerprint density at radius 3 is 1.75 bits per heavy atom. The Hall–Kier alpha value is -7.62. The first kappa shape index (κ1) is 32.8. The van der Waals surface area contributed by atoms with Gasteiger partial charge < -0.3 is 0 Å². The van der Waals surface area contributed by atoms with Crippen LogP contribution in [0.5, 0.6) is 0 Å². The van der Waals surface area contributed by atoms with E-state index in [4.69, 9.17) is 4.98 Å². The van der Waals surface area contributed by atoms with Crippen LogP contribution in [0.4, 0.5) is 0 Å². The second-order valence-corrected chi connectivity index (χ2v) is 14.6. The third kappa shape index (κ3) is 5.68. The lowest BCUT2D eigenvalue weighted by Crippen LogP contribution is -1.97. The fourth-order valence-electron chi connectivity index (χ4n) is 8.54. The van der Waals surface area contributed by atoms with E-state index in [0.717, 1.165) is 44.9 Å². The number of para-hydroxylation sites is 2. The van der Waals surface area contributed by atoms with Crippen molar-refractivity contribution in [3.05, 3.63) is 212 Å². The van der Waals surface area contributed by atoms with Gasteiger partial charge in [0.2, 0.25) is 0 Å². The van der Waals surface area contributed by atoms with Gasteiger partial charge in [-0.2, -0.15) is 0 Å². The minimum absolute atomic E-state index is 0.932. The molecule has 0 atom stereocenters. The van der Waals surface area contributed by atoms with Crippen molar-refractivity contribution in [1.82, 2.24) is 14.5 Å². The maximum absolute atomic E-state index is 5.07. The van der Waals surface area contributed by atoms with E-state index in [-0.39, 0.29) is 0 Å². The third-order valence-corrected chi connectivity index (χ3v) is 11.2. The molecule has 0 aliphatic carbocycles. The summed E-state index contributed by atoms with van der Waals surface area (Å²) in [5, 5.41) is 7.39. The molecule has 11 rings (SSSR count). The zero-order valence-corrected chi connectivity index (χ0v) is 31.0. The second-order valence-electron chi connectivity index (χ2n) is 14.6. The Kier molecular flexibility index (Phi) is 7.82. The van der Waals surface area contributed by atoms with Gasteiger partial charge in [0.1, 0.15) is 5.82 Å². The van der Waals surface area contributed by atoms with Crippen LogP contribution in [0, 0.1) is 0 Å². The number of rotatable bonds is 6. The molecular weight excluding hydrogens is 691 g/mol. The fraction of sp³-hybridized carbons (Fsp3) is 0. The van der Waals surface area contributed by atoms with Gasteiger partial charge in [0.15, 0.2) is 0 Å². The third-order valence-electron chi connectivity index (χ3n) is 11.2. The molecule has 0 amide bonds. The molecule has 2 heterocycles. The van der Waals surface area contributed by atoms with Crippen LogP contribution < -0.4 is 0 Å². The van der Waals surface area contributed by atoms with Gasteiger partial charge in [-0.25, -0.2) is 4.98 Å². The van der Waals surface area contributed by atoms with Gasteiger partial charge in [-0.1, -0.05) is 158 Å². The van der Waals surface area contributed by atoms with E-state index in [9.17, 15) is 0 Å². The molecule has 57 heavy (non-hydrogen) atoms. The summed E-state index contributed by atoms with van der Waals surface area (Å²) in [7, 11) is 0. The molecule has 0 aliphatic rings. The zero-order valence-electron chi connectivity index (χ0n) is 31.0. The normalized spacial score (nSPS) is 11.5. The van der Waals surface area contributed by atoms with Crippen LogP contribution >= 0.6 is 0 Å². The highest BCUT2D eigenvalue weighted by Crippen LogP contribution is 2.45. The lowest BCUT2D eigenvalue weighted by atomic mass is 9.84. The van der Waals surface area contributed by atoms with Crippen molar-refractivity contribution in [3.8, 4) is 61.7 Å². The monoisotopic (exact) mass is 725 g/mol. The number of pyridine rings is 1. The number of fused-ring (bicyclic) bond motifs is 4. The van der Waals surface area contributed by atoms with E-state index in [2.05, 4.69) is 198 Å². The summed E-state index contributed by atoms with van der Waals surface area (Å²) in [6, 6.07) is 74.1. The van der Waals surface area contributed by atoms with Crippen molar-refractivity contribution in [2.45, 2.75) is 0 Å². The van der Waals surface area contributed by atoms with E-state index < -0.39 is 0 Å². The van der Waals surface area contributed by atoms with Gasteiger partial charge in [0, 0.05) is 23.0 Å². The molecule has 11 aromatic rings. The maximum atomic E-state index is 5.07. The summed E-state index contributed by atoms with van der Waals surface area (Å²) in [6.45, 7) is 0. The van der Waals surface area contributed by atoms with Crippen LogP contribution in [0.3, 0.4) is 0 Å². The van der Waals surface area contributed by atoms with Gasteiger partial charge in [-0.05, 0) is 114 Å². The Balaban J connectivity index is 1.11. The second kappa shape index (κ2) is 13.6. The van der Waals surface area contributed by atoms with Crippen molar-refractivity contribution in [1.29, 1.82) is 0 Å². The molecule has 0 unspecified atom stereocenters. The van der Waals surface area contributed by atoms with Crippen molar-refractivity contribution >= 4 is 43.4 Å². The van der Waals surface area contributed by atoms with Gasteiger partial charge in [-0.3, -0.25) is 9.55 Å². The van der Waals surface area contributed by atoms with Crippen molar-refractivity contribution < 1.29 is 0 Å². The van der Waals surface area contributed by atoms with Crippen molar-refractivity contribution in [3.63, 3.8) is 0 Å². The van der Waals surface area contributed by atoms with Crippen LogP contribution in [0.1, 0.15) is 0 Å². The Bertz CT molecular complexity index is 3250. The first-order valence-corrected chi connectivity index (χ1v) is 19.4. The summed E-state index contributed by atoms with van der Waals surface area (Å²) in [5.41, 5.74) is 13.5. The number of hydrogen-bond acceptors (Lipinski definition) is 2. The molecule has 266 valence electrons. The molecule has 0 aliphatic heterocycles. The standard InChI is InChI=1S/C54H35N3/c1-2-13-40(14-3-1)54-56-50-19-8-9-20-51(50)57(54)44-30-27-37(28-31-44)42-29-32-47-48(35-42)52(39-24-22-38(23-25-39)49-18-10-11-33-55-49)45-16-6-7-17-46(45)53(47)43-26-21-36-12-4-5-15-41(36)34-43/h1-35H. The smallest absolute Gasteiger partial charge is 0.145 e. The van der Waals surface area contributed by atoms with Crippen molar-refractivity contribution in [2.75, 3.05) is 0 Å². The molecule has 9 aromatic carbocycles. The minimum atomic E-state index is 0.932. The van der Waals surface area contributed by atoms with E-state index in [1.807, 2.05) is 24.4 Å². The predicted molar refractivity (Wildman–Crippen MR) is 239 cm³/mol. The highest BCUT2D eigenvalue weighted by molar-refractivity contribution is 6.22. The topological polar surface area (TPSA) is 30.7 Å². The summed E-state index contributed by atoms with van der Waals surface area (Å²) in [6.07, 6.45) is 1.85.